The molecule has 7 nitrogen and oxygen atoms in total. The Morgan fingerprint density at radius 1 is 1.26 bits per heavy atom. The lowest BCUT2D eigenvalue weighted by molar-refractivity contribution is 0.0995. The molecule has 0 bridgehead atoms. The van der Waals surface area contributed by atoms with Gasteiger partial charge in [0.2, 0.25) is 0 Å². The second-order valence-corrected chi connectivity index (χ2v) is 5.59. The van der Waals surface area contributed by atoms with E-state index in [2.05, 4.69) is 25.9 Å². The predicted octanol–water partition coefficient (Wildman–Crippen LogP) is 2.51. The molecule has 1 amide bonds. The van der Waals surface area contributed by atoms with Gasteiger partial charge >= 0.3 is 0 Å². The molecule has 0 aliphatic heterocycles. The highest BCUT2D eigenvalue weighted by Gasteiger charge is 2.27. The summed E-state index contributed by atoms with van der Waals surface area (Å²) in [5.74, 6) is 2.04. The normalized spacial score (nSPS) is 13.9. The average molecular weight is 309 g/mol. The van der Waals surface area contributed by atoms with Crippen LogP contribution in [0.15, 0.2) is 40.8 Å². The van der Waals surface area contributed by atoms with Crippen LogP contribution < -0.4 is 5.32 Å². The molecule has 7 heteroatoms. The van der Waals surface area contributed by atoms with E-state index in [1.807, 2.05) is 30.3 Å². The van der Waals surface area contributed by atoms with Crippen LogP contribution in [0.2, 0.25) is 0 Å². The van der Waals surface area contributed by atoms with E-state index >= 15 is 0 Å². The highest BCUT2D eigenvalue weighted by molar-refractivity contribution is 6.02. The smallest absolute Gasteiger partial charge is 0.291 e. The Labute approximate surface area is 132 Å². The largest absolute Gasteiger partial charge is 0.456 e. The summed E-state index contributed by atoms with van der Waals surface area (Å²) in [6.45, 7) is 0. The number of rotatable bonds is 5. The summed E-state index contributed by atoms with van der Waals surface area (Å²) < 4.78 is 5.64. The van der Waals surface area contributed by atoms with E-state index in [1.54, 1.807) is 6.07 Å². The van der Waals surface area contributed by atoms with Crippen molar-refractivity contribution in [3.8, 4) is 0 Å². The van der Waals surface area contributed by atoms with E-state index in [4.69, 9.17) is 4.42 Å². The van der Waals surface area contributed by atoms with Crippen LogP contribution in [0.5, 0.6) is 0 Å². The molecule has 1 aliphatic rings. The van der Waals surface area contributed by atoms with E-state index in [9.17, 15) is 4.79 Å². The summed E-state index contributed by atoms with van der Waals surface area (Å²) in [6.07, 6.45) is 2.77. The minimum atomic E-state index is -0.252. The average Bonchev–Trinajstić information content (AvgIpc) is 3.08. The van der Waals surface area contributed by atoms with Gasteiger partial charge in [-0.2, -0.15) is 5.21 Å². The van der Waals surface area contributed by atoms with Gasteiger partial charge in [0.1, 0.15) is 5.76 Å². The topological polar surface area (TPSA) is 96.7 Å². The number of amides is 1. The highest BCUT2D eigenvalue weighted by atomic mass is 16.4. The number of furan rings is 1. The standard InChI is InChI=1S/C16H15N5O2/c22-16(14-8-7-13(23-14)10-5-6-10)17-12-4-2-1-3-11(12)9-15-18-20-21-19-15/h1-4,7-8,10H,5-6,9H2,(H,17,22)(H,18,19,20,21). The molecule has 2 aromatic heterocycles. The molecule has 1 aliphatic carbocycles. The number of para-hydroxylation sites is 1. The van der Waals surface area contributed by atoms with Crippen LogP contribution in [-0.4, -0.2) is 26.5 Å². The van der Waals surface area contributed by atoms with Gasteiger partial charge in [-0.15, -0.1) is 10.2 Å². The molecule has 0 spiro atoms. The Bertz CT molecular complexity index is 821. The van der Waals surface area contributed by atoms with E-state index in [-0.39, 0.29) is 5.91 Å². The van der Waals surface area contributed by atoms with Crippen molar-refractivity contribution >= 4 is 11.6 Å². The number of tetrazole rings is 1. The van der Waals surface area contributed by atoms with Crippen LogP contribution in [-0.2, 0) is 6.42 Å². The van der Waals surface area contributed by atoms with E-state index in [0.717, 1.165) is 24.2 Å². The maximum atomic E-state index is 12.4. The minimum Gasteiger partial charge on any atom is -0.456 e. The number of nitrogens with one attached hydrogen (secondary N) is 2. The van der Waals surface area contributed by atoms with Gasteiger partial charge in [-0.3, -0.25) is 4.79 Å². The first-order valence-electron chi connectivity index (χ1n) is 7.51. The van der Waals surface area contributed by atoms with Crippen molar-refractivity contribution < 1.29 is 9.21 Å². The Morgan fingerprint density at radius 3 is 2.91 bits per heavy atom. The summed E-state index contributed by atoms with van der Waals surface area (Å²) in [5.41, 5.74) is 1.63. The zero-order valence-electron chi connectivity index (χ0n) is 12.3. The maximum absolute atomic E-state index is 12.4. The van der Waals surface area contributed by atoms with Crippen LogP contribution in [0.3, 0.4) is 0 Å². The molecule has 0 unspecified atom stereocenters. The molecule has 2 N–H and O–H groups in total. The number of hydrogen-bond acceptors (Lipinski definition) is 5. The van der Waals surface area contributed by atoms with Crippen molar-refractivity contribution in [2.24, 2.45) is 0 Å². The van der Waals surface area contributed by atoms with Crippen LogP contribution in [0, 0.1) is 0 Å². The van der Waals surface area contributed by atoms with Crippen molar-refractivity contribution in [3.63, 3.8) is 0 Å². The highest BCUT2D eigenvalue weighted by Crippen LogP contribution is 2.40. The monoisotopic (exact) mass is 309 g/mol. The summed E-state index contributed by atoms with van der Waals surface area (Å²) in [5, 5.41) is 16.7. The van der Waals surface area contributed by atoms with Crippen molar-refractivity contribution in [3.05, 3.63) is 59.3 Å². The second-order valence-electron chi connectivity index (χ2n) is 5.59. The third kappa shape index (κ3) is 2.98. The molecule has 1 aromatic carbocycles. The predicted molar refractivity (Wildman–Crippen MR) is 82.1 cm³/mol. The fourth-order valence-electron chi connectivity index (χ4n) is 2.47. The van der Waals surface area contributed by atoms with Gasteiger partial charge in [0.05, 0.1) is 0 Å². The van der Waals surface area contributed by atoms with Gasteiger partial charge in [0, 0.05) is 18.0 Å². The molecular formula is C16H15N5O2. The SMILES string of the molecule is O=C(Nc1ccccc1Cc1nn[nH]n1)c1ccc(C2CC2)o1. The number of carbonyl (C=O) groups excluding carboxylic acids is 1. The first-order valence-corrected chi connectivity index (χ1v) is 7.51. The Morgan fingerprint density at radius 2 is 2.13 bits per heavy atom. The van der Waals surface area contributed by atoms with Crippen molar-refractivity contribution in [1.29, 1.82) is 0 Å². The Kier molecular flexibility index (Phi) is 3.38. The molecule has 0 radical (unpaired) electrons. The van der Waals surface area contributed by atoms with Gasteiger partial charge in [-0.1, -0.05) is 23.4 Å². The van der Waals surface area contributed by atoms with Gasteiger partial charge in [-0.25, -0.2) is 0 Å². The second kappa shape index (κ2) is 5.68. The zero-order chi connectivity index (χ0) is 15.6. The van der Waals surface area contributed by atoms with Crippen molar-refractivity contribution in [2.45, 2.75) is 25.2 Å². The number of carbonyl (C=O) groups is 1. The van der Waals surface area contributed by atoms with Crippen LogP contribution in [0.4, 0.5) is 5.69 Å². The van der Waals surface area contributed by atoms with Gasteiger partial charge in [0.25, 0.3) is 5.91 Å². The van der Waals surface area contributed by atoms with E-state index in [1.165, 1.54) is 0 Å². The fraction of sp³-hybridized carbons (Fsp3) is 0.250. The molecule has 3 aromatic rings. The maximum Gasteiger partial charge on any atom is 0.291 e. The molecular weight excluding hydrogens is 294 g/mol. The van der Waals surface area contributed by atoms with Crippen molar-refractivity contribution in [2.75, 3.05) is 5.32 Å². The molecule has 4 rings (SSSR count). The lowest BCUT2D eigenvalue weighted by Crippen LogP contribution is -2.12. The van der Waals surface area contributed by atoms with E-state index < -0.39 is 0 Å². The number of H-pyrrole nitrogens is 1. The molecule has 23 heavy (non-hydrogen) atoms. The van der Waals surface area contributed by atoms with Crippen LogP contribution >= 0.6 is 0 Å². The third-order valence-corrected chi connectivity index (χ3v) is 3.83. The number of anilines is 1. The molecule has 0 atom stereocenters. The van der Waals surface area contributed by atoms with Gasteiger partial charge in [-0.05, 0) is 36.6 Å². The van der Waals surface area contributed by atoms with Gasteiger partial charge < -0.3 is 9.73 Å². The minimum absolute atomic E-state index is 0.252. The van der Waals surface area contributed by atoms with Gasteiger partial charge in [0.15, 0.2) is 11.6 Å². The Balaban J connectivity index is 1.52. The van der Waals surface area contributed by atoms with Crippen LogP contribution in [0.25, 0.3) is 0 Å². The summed E-state index contributed by atoms with van der Waals surface area (Å²) in [4.78, 5) is 12.4. The fourth-order valence-corrected chi connectivity index (χ4v) is 2.47. The van der Waals surface area contributed by atoms with Crippen LogP contribution in [0.1, 0.15) is 46.5 Å². The Hall–Kier alpha value is -2.96. The number of benzene rings is 1. The lowest BCUT2D eigenvalue weighted by Gasteiger charge is -2.08. The zero-order valence-corrected chi connectivity index (χ0v) is 12.3. The summed E-state index contributed by atoms with van der Waals surface area (Å²) in [6, 6.07) is 11.2. The molecule has 116 valence electrons. The summed E-state index contributed by atoms with van der Waals surface area (Å²) >= 11 is 0. The summed E-state index contributed by atoms with van der Waals surface area (Å²) in [7, 11) is 0. The lowest BCUT2D eigenvalue weighted by atomic mass is 10.1. The quantitative estimate of drug-likeness (QED) is 0.755. The first kappa shape index (κ1) is 13.7. The molecule has 0 saturated heterocycles. The van der Waals surface area contributed by atoms with E-state index in [0.29, 0.717) is 29.6 Å². The third-order valence-electron chi connectivity index (χ3n) is 3.83. The molecule has 2 heterocycles. The van der Waals surface area contributed by atoms with Crippen molar-refractivity contribution in [1.82, 2.24) is 20.6 Å². The first-order chi connectivity index (χ1) is 11.3. The number of aromatic amines is 1. The number of aromatic nitrogens is 4. The molecule has 1 saturated carbocycles. The number of hydrogen-bond donors (Lipinski definition) is 2. The molecule has 1 fully saturated rings. The number of nitrogens with zero attached hydrogens (tertiary/aromatic N) is 3.